The van der Waals surface area contributed by atoms with Crippen molar-refractivity contribution in [1.82, 2.24) is 0 Å². The van der Waals surface area contributed by atoms with Gasteiger partial charge < -0.3 is 4.90 Å². The number of rotatable bonds is 2. The van der Waals surface area contributed by atoms with Gasteiger partial charge in [0.05, 0.1) is 0 Å². The van der Waals surface area contributed by atoms with Gasteiger partial charge in [0.25, 0.3) is 0 Å². The maximum absolute atomic E-state index is 4.00. The van der Waals surface area contributed by atoms with Crippen LogP contribution in [0.2, 0.25) is 0 Å². The van der Waals surface area contributed by atoms with Crippen molar-refractivity contribution in [1.29, 1.82) is 0 Å². The minimum atomic E-state index is 0.204. The molecule has 1 aromatic rings. The van der Waals surface area contributed by atoms with Crippen LogP contribution in [0.15, 0.2) is 24.4 Å². The summed E-state index contributed by atoms with van der Waals surface area (Å²) >= 11 is 0. The number of hydrogen-bond acceptors (Lipinski definition) is 1. The van der Waals surface area contributed by atoms with Crippen LogP contribution < -0.4 is 4.90 Å². The highest BCUT2D eigenvalue weighted by molar-refractivity contribution is 5.60. The summed E-state index contributed by atoms with van der Waals surface area (Å²) < 4.78 is 0. The molecule has 0 unspecified atom stereocenters. The topological polar surface area (TPSA) is 3.24 Å². The molecule has 0 amide bonds. The van der Waals surface area contributed by atoms with E-state index >= 15 is 0 Å². The monoisotopic (exact) mass is 231 g/mol. The molecule has 0 radical (unpaired) electrons. The molecular formula is C16H25N. The Morgan fingerprint density at radius 3 is 2.06 bits per heavy atom. The fraction of sp³-hybridized carbons (Fsp3) is 0.500. The molecule has 0 bridgehead atoms. The molecule has 0 N–H and O–H groups in total. The summed E-state index contributed by atoms with van der Waals surface area (Å²) in [6.07, 6.45) is 0. The average Bonchev–Trinajstić information content (AvgIpc) is 2.18. The zero-order chi connectivity index (χ0) is 13.4. The van der Waals surface area contributed by atoms with E-state index in [0.717, 1.165) is 5.70 Å². The van der Waals surface area contributed by atoms with E-state index in [-0.39, 0.29) is 5.41 Å². The van der Waals surface area contributed by atoms with Crippen molar-refractivity contribution in [2.75, 3.05) is 11.9 Å². The van der Waals surface area contributed by atoms with E-state index in [1.165, 1.54) is 22.4 Å². The first-order chi connectivity index (χ1) is 7.64. The van der Waals surface area contributed by atoms with Gasteiger partial charge in [0.1, 0.15) is 0 Å². The number of nitrogens with zero attached hydrogens (tertiary/aromatic N) is 1. The standard InChI is InChI=1S/C16H25N/c1-11(2)17(8)15-10-12(3)14(9-13(15)4)16(5,6)7/h9-10H,1H2,2-8H3. The maximum atomic E-state index is 4.00. The highest BCUT2D eigenvalue weighted by Crippen LogP contribution is 2.32. The molecule has 0 aliphatic carbocycles. The highest BCUT2D eigenvalue weighted by atomic mass is 15.1. The molecule has 0 aromatic heterocycles. The van der Waals surface area contributed by atoms with Gasteiger partial charge in [-0.05, 0) is 48.9 Å². The molecule has 1 heteroatoms. The van der Waals surface area contributed by atoms with E-state index in [2.05, 4.69) is 65.3 Å². The van der Waals surface area contributed by atoms with Crippen LogP contribution in [-0.4, -0.2) is 7.05 Å². The lowest BCUT2D eigenvalue weighted by Gasteiger charge is -2.27. The number of hydrogen-bond donors (Lipinski definition) is 0. The van der Waals surface area contributed by atoms with E-state index < -0.39 is 0 Å². The SMILES string of the molecule is C=C(C)N(C)c1cc(C)c(C(C)(C)C)cc1C. The number of benzene rings is 1. The van der Waals surface area contributed by atoms with Crippen molar-refractivity contribution in [2.45, 2.75) is 47.0 Å². The van der Waals surface area contributed by atoms with Gasteiger partial charge in [0.2, 0.25) is 0 Å². The third-order valence-electron chi connectivity index (χ3n) is 3.28. The third kappa shape index (κ3) is 2.91. The second-order valence-corrected chi connectivity index (χ2v) is 6.00. The molecule has 0 aliphatic heterocycles. The Labute approximate surface area is 106 Å². The van der Waals surface area contributed by atoms with Crippen LogP contribution in [0.4, 0.5) is 5.69 Å². The van der Waals surface area contributed by atoms with Gasteiger partial charge in [0, 0.05) is 18.4 Å². The van der Waals surface area contributed by atoms with Crippen molar-refractivity contribution >= 4 is 5.69 Å². The Morgan fingerprint density at radius 1 is 1.12 bits per heavy atom. The molecule has 0 fully saturated rings. The molecule has 1 rings (SSSR count). The molecule has 0 atom stereocenters. The maximum Gasteiger partial charge on any atom is 0.0437 e. The van der Waals surface area contributed by atoms with Crippen molar-refractivity contribution in [3.8, 4) is 0 Å². The second-order valence-electron chi connectivity index (χ2n) is 6.00. The third-order valence-corrected chi connectivity index (χ3v) is 3.28. The van der Waals surface area contributed by atoms with Crippen LogP contribution in [-0.2, 0) is 5.41 Å². The largest absolute Gasteiger partial charge is 0.349 e. The molecule has 0 saturated heterocycles. The first-order valence-electron chi connectivity index (χ1n) is 6.15. The van der Waals surface area contributed by atoms with Gasteiger partial charge in [-0.1, -0.05) is 33.4 Å². The predicted molar refractivity (Wildman–Crippen MR) is 77.8 cm³/mol. The number of anilines is 1. The van der Waals surface area contributed by atoms with Crippen LogP contribution in [0.1, 0.15) is 44.4 Å². The van der Waals surface area contributed by atoms with Crippen LogP contribution in [0.5, 0.6) is 0 Å². The van der Waals surface area contributed by atoms with Gasteiger partial charge in [0.15, 0.2) is 0 Å². The molecule has 1 nitrogen and oxygen atoms in total. The molecule has 0 spiro atoms. The number of aryl methyl sites for hydroxylation is 2. The van der Waals surface area contributed by atoms with Crippen LogP contribution >= 0.6 is 0 Å². The smallest absolute Gasteiger partial charge is 0.0437 e. The second kappa shape index (κ2) is 4.56. The van der Waals surface area contributed by atoms with Crippen LogP contribution in [0, 0.1) is 13.8 Å². The molecule has 17 heavy (non-hydrogen) atoms. The molecule has 0 saturated carbocycles. The quantitative estimate of drug-likeness (QED) is 0.720. The Hall–Kier alpha value is -1.24. The van der Waals surface area contributed by atoms with Gasteiger partial charge in [-0.15, -0.1) is 0 Å². The summed E-state index contributed by atoms with van der Waals surface area (Å²) in [6, 6.07) is 4.58. The van der Waals surface area contributed by atoms with E-state index in [4.69, 9.17) is 0 Å². The van der Waals surface area contributed by atoms with Gasteiger partial charge >= 0.3 is 0 Å². The normalized spacial score (nSPS) is 11.5. The zero-order valence-corrected chi connectivity index (χ0v) is 12.3. The van der Waals surface area contributed by atoms with E-state index in [9.17, 15) is 0 Å². The Kier molecular flexibility index (Phi) is 3.71. The fourth-order valence-electron chi connectivity index (χ4n) is 2.18. The molecule has 0 aliphatic rings. The minimum Gasteiger partial charge on any atom is -0.349 e. The molecular weight excluding hydrogens is 206 g/mol. The predicted octanol–water partition coefficient (Wildman–Crippen LogP) is 4.57. The number of allylic oxidation sites excluding steroid dienone is 1. The lowest BCUT2D eigenvalue weighted by atomic mass is 9.83. The Balaban J connectivity index is 3.33. The summed E-state index contributed by atoms with van der Waals surface area (Å²) in [7, 11) is 2.07. The summed E-state index contributed by atoms with van der Waals surface area (Å²) in [5.41, 5.74) is 6.61. The van der Waals surface area contributed by atoms with Gasteiger partial charge in [-0.25, -0.2) is 0 Å². The van der Waals surface area contributed by atoms with Gasteiger partial charge in [-0.3, -0.25) is 0 Å². The summed E-state index contributed by atoms with van der Waals surface area (Å²) in [6.45, 7) is 17.2. The van der Waals surface area contributed by atoms with E-state index in [1.54, 1.807) is 0 Å². The van der Waals surface area contributed by atoms with Crippen molar-refractivity contribution in [3.63, 3.8) is 0 Å². The Bertz CT molecular complexity index is 436. The first kappa shape index (κ1) is 13.8. The zero-order valence-electron chi connectivity index (χ0n) is 12.3. The first-order valence-corrected chi connectivity index (χ1v) is 6.15. The molecule has 1 aromatic carbocycles. The Morgan fingerprint density at radius 2 is 1.65 bits per heavy atom. The van der Waals surface area contributed by atoms with Gasteiger partial charge in [-0.2, -0.15) is 0 Å². The van der Waals surface area contributed by atoms with Crippen molar-refractivity contribution in [2.24, 2.45) is 0 Å². The van der Waals surface area contributed by atoms with Crippen LogP contribution in [0.3, 0.4) is 0 Å². The lowest BCUT2D eigenvalue weighted by molar-refractivity contribution is 0.585. The fourth-order valence-corrected chi connectivity index (χ4v) is 2.18. The van der Waals surface area contributed by atoms with Crippen molar-refractivity contribution < 1.29 is 0 Å². The lowest BCUT2D eigenvalue weighted by Crippen LogP contribution is -2.18. The summed E-state index contributed by atoms with van der Waals surface area (Å²) in [5.74, 6) is 0. The van der Waals surface area contributed by atoms with E-state index in [0.29, 0.717) is 0 Å². The van der Waals surface area contributed by atoms with Crippen molar-refractivity contribution in [3.05, 3.63) is 41.1 Å². The molecule has 0 heterocycles. The minimum absolute atomic E-state index is 0.204. The average molecular weight is 231 g/mol. The highest BCUT2D eigenvalue weighted by Gasteiger charge is 2.18. The van der Waals surface area contributed by atoms with E-state index in [1.807, 2.05) is 6.92 Å². The summed E-state index contributed by atoms with van der Waals surface area (Å²) in [5, 5.41) is 0. The van der Waals surface area contributed by atoms with Crippen LogP contribution in [0.25, 0.3) is 0 Å². The summed E-state index contributed by atoms with van der Waals surface area (Å²) in [4.78, 5) is 2.15. The molecule has 94 valence electrons.